The van der Waals surface area contributed by atoms with Crippen LogP contribution in [0.5, 0.6) is 0 Å². The normalized spacial score (nSPS) is 16.8. The molecular formula is C18H12ClF2NOS2. The van der Waals surface area contributed by atoms with Gasteiger partial charge in [0.25, 0.3) is 5.91 Å². The van der Waals surface area contributed by atoms with Crippen molar-refractivity contribution in [3.63, 3.8) is 0 Å². The van der Waals surface area contributed by atoms with E-state index in [9.17, 15) is 13.6 Å². The zero-order chi connectivity index (χ0) is 17.6. The summed E-state index contributed by atoms with van der Waals surface area (Å²) in [6.45, 7) is 0.504. The highest BCUT2D eigenvalue weighted by Gasteiger charge is 2.34. The van der Waals surface area contributed by atoms with Gasteiger partial charge in [0.15, 0.2) is 11.6 Å². The van der Waals surface area contributed by atoms with E-state index in [4.69, 9.17) is 11.6 Å². The van der Waals surface area contributed by atoms with Crippen molar-refractivity contribution in [1.82, 2.24) is 4.90 Å². The summed E-state index contributed by atoms with van der Waals surface area (Å²) in [5, 5.41) is 3.90. The van der Waals surface area contributed by atoms with Gasteiger partial charge in [0.2, 0.25) is 0 Å². The maximum Gasteiger partial charge on any atom is 0.256 e. The van der Waals surface area contributed by atoms with Crippen molar-refractivity contribution in [3.8, 4) is 0 Å². The van der Waals surface area contributed by atoms with Crippen molar-refractivity contribution < 1.29 is 13.6 Å². The number of amides is 1. The van der Waals surface area contributed by atoms with E-state index in [0.717, 1.165) is 29.0 Å². The van der Waals surface area contributed by atoms with E-state index < -0.39 is 11.6 Å². The van der Waals surface area contributed by atoms with Crippen molar-refractivity contribution >= 4 is 40.2 Å². The topological polar surface area (TPSA) is 20.3 Å². The molecule has 2 aromatic heterocycles. The van der Waals surface area contributed by atoms with Gasteiger partial charge in [0.05, 0.1) is 16.6 Å². The fourth-order valence-electron chi connectivity index (χ4n) is 3.13. The van der Waals surface area contributed by atoms with Crippen molar-refractivity contribution in [2.45, 2.75) is 12.5 Å². The summed E-state index contributed by atoms with van der Waals surface area (Å²) in [6, 6.07) is 7.45. The summed E-state index contributed by atoms with van der Waals surface area (Å²) in [5.74, 6) is -2.53. The first-order valence-corrected chi connectivity index (χ1v) is 9.75. The largest absolute Gasteiger partial charge is 0.326 e. The van der Waals surface area contributed by atoms with E-state index in [1.807, 2.05) is 29.0 Å². The van der Waals surface area contributed by atoms with Gasteiger partial charge in [-0.15, -0.1) is 22.7 Å². The van der Waals surface area contributed by atoms with Crippen LogP contribution in [-0.4, -0.2) is 17.4 Å². The number of nitrogens with zero attached hydrogens (tertiary/aromatic N) is 1. The molecule has 1 amide bonds. The molecule has 0 fully saturated rings. The molecule has 0 spiro atoms. The first-order chi connectivity index (χ1) is 12.1. The minimum absolute atomic E-state index is 0.0131. The first-order valence-electron chi connectivity index (χ1n) is 7.61. The third kappa shape index (κ3) is 2.88. The summed E-state index contributed by atoms with van der Waals surface area (Å²) in [5.41, 5.74) is 1.08. The zero-order valence-corrected chi connectivity index (χ0v) is 15.2. The van der Waals surface area contributed by atoms with Gasteiger partial charge >= 0.3 is 0 Å². The quantitative estimate of drug-likeness (QED) is 0.522. The molecule has 128 valence electrons. The van der Waals surface area contributed by atoms with Crippen LogP contribution in [0.15, 0.2) is 41.1 Å². The van der Waals surface area contributed by atoms with Gasteiger partial charge in [-0.05, 0) is 47.0 Å². The zero-order valence-electron chi connectivity index (χ0n) is 12.8. The van der Waals surface area contributed by atoms with Crippen LogP contribution in [0.4, 0.5) is 8.78 Å². The number of fused-ring (bicyclic) bond motifs is 1. The van der Waals surface area contributed by atoms with E-state index in [0.29, 0.717) is 6.54 Å². The summed E-state index contributed by atoms with van der Waals surface area (Å²) in [7, 11) is 0. The number of carbonyl (C=O) groups excluding carboxylic acids is 1. The molecule has 4 rings (SSSR count). The SMILES string of the molecule is O=C(c1cc(F)c(F)cc1Cl)N1CCc2sccc2C1c1cccs1. The average molecular weight is 396 g/mol. The minimum Gasteiger partial charge on any atom is -0.326 e. The molecule has 1 unspecified atom stereocenters. The van der Waals surface area contributed by atoms with Gasteiger partial charge in [-0.2, -0.15) is 0 Å². The van der Waals surface area contributed by atoms with Crippen LogP contribution < -0.4 is 0 Å². The second-order valence-electron chi connectivity index (χ2n) is 5.71. The highest BCUT2D eigenvalue weighted by atomic mass is 35.5. The highest BCUT2D eigenvalue weighted by molar-refractivity contribution is 7.10. The molecule has 7 heteroatoms. The Morgan fingerprint density at radius 2 is 1.96 bits per heavy atom. The van der Waals surface area contributed by atoms with Crippen LogP contribution in [0.3, 0.4) is 0 Å². The Bertz CT molecular complexity index is 939. The maximum absolute atomic E-state index is 13.6. The lowest BCUT2D eigenvalue weighted by Crippen LogP contribution is -2.40. The predicted molar refractivity (Wildman–Crippen MR) is 96.6 cm³/mol. The lowest BCUT2D eigenvalue weighted by molar-refractivity contribution is 0.0698. The van der Waals surface area contributed by atoms with Crippen LogP contribution in [0, 0.1) is 11.6 Å². The molecule has 1 atom stereocenters. The molecule has 0 aliphatic carbocycles. The smallest absolute Gasteiger partial charge is 0.256 e. The van der Waals surface area contributed by atoms with Gasteiger partial charge in [0.1, 0.15) is 0 Å². The van der Waals surface area contributed by atoms with E-state index in [2.05, 4.69) is 0 Å². The number of thiophene rings is 2. The average Bonchev–Trinajstić information content (AvgIpc) is 3.27. The highest BCUT2D eigenvalue weighted by Crippen LogP contribution is 2.40. The van der Waals surface area contributed by atoms with E-state index in [1.165, 1.54) is 4.88 Å². The minimum atomic E-state index is -1.08. The monoisotopic (exact) mass is 395 g/mol. The number of hydrogen-bond donors (Lipinski definition) is 0. The van der Waals surface area contributed by atoms with Gasteiger partial charge in [0, 0.05) is 16.3 Å². The third-order valence-corrected chi connectivity index (χ3v) is 6.51. The van der Waals surface area contributed by atoms with E-state index in [1.54, 1.807) is 27.6 Å². The standard InChI is InChI=1S/C18H12ClF2NOS2/c19-12-9-14(21)13(20)8-11(12)18(23)22-5-3-15-10(4-7-25-15)17(22)16-2-1-6-24-16/h1-2,4,6-9,17H,3,5H2. The third-order valence-electron chi connectivity index (χ3n) is 4.28. The predicted octanol–water partition coefficient (Wildman–Crippen LogP) is 5.53. The Morgan fingerprint density at radius 1 is 1.16 bits per heavy atom. The second-order valence-corrected chi connectivity index (χ2v) is 8.10. The summed E-state index contributed by atoms with van der Waals surface area (Å²) in [4.78, 5) is 17.1. The van der Waals surface area contributed by atoms with Crippen molar-refractivity contribution in [2.24, 2.45) is 0 Å². The molecule has 0 saturated carbocycles. The Labute approximate surface area is 156 Å². The lowest BCUT2D eigenvalue weighted by atomic mass is 9.97. The second kappa shape index (κ2) is 6.52. The van der Waals surface area contributed by atoms with Crippen molar-refractivity contribution in [3.05, 3.63) is 78.6 Å². The number of rotatable bonds is 2. The molecular weight excluding hydrogens is 384 g/mol. The van der Waals surface area contributed by atoms with Gasteiger partial charge < -0.3 is 4.90 Å². The van der Waals surface area contributed by atoms with Gasteiger partial charge in [-0.3, -0.25) is 4.79 Å². The summed E-state index contributed by atoms with van der Waals surface area (Å²) < 4.78 is 27.0. The van der Waals surface area contributed by atoms with Gasteiger partial charge in [-0.25, -0.2) is 8.78 Å². The molecule has 1 aliphatic rings. The molecule has 1 aliphatic heterocycles. The van der Waals surface area contributed by atoms with Crippen LogP contribution in [0.1, 0.15) is 31.7 Å². The Hall–Kier alpha value is -1.76. The van der Waals surface area contributed by atoms with Crippen molar-refractivity contribution in [2.75, 3.05) is 6.54 Å². The maximum atomic E-state index is 13.6. The molecule has 3 heterocycles. The molecule has 0 bridgehead atoms. The number of halogens is 3. The number of carbonyl (C=O) groups is 1. The Morgan fingerprint density at radius 3 is 2.72 bits per heavy atom. The Balaban J connectivity index is 1.79. The fraction of sp³-hybridized carbons (Fsp3) is 0.167. The number of hydrogen-bond acceptors (Lipinski definition) is 3. The lowest BCUT2D eigenvalue weighted by Gasteiger charge is -2.35. The van der Waals surface area contributed by atoms with Gasteiger partial charge in [-0.1, -0.05) is 17.7 Å². The molecule has 0 N–H and O–H groups in total. The van der Waals surface area contributed by atoms with Crippen LogP contribution in [-0.2, 0) is 6.42 Å². The molecule has 1 aromatic carbocycles. The molecule has 25 heavy (non-hydrogen) atoms. The fourth-order valence-corrected chi connectivity index (χ4v) is 5.12. The molecule has 3 aromatic rings. The Kier molecular flexibility index (Phi) is 4.35. The van der Waals surface area contributed by atoms with E-state index in [-0.39, 0.29) is 22.5 Å². The molecule has 0 radical (unpaired) electrons. The van der Waals surface area contributed by atoms with E-state index >= 15 is 0 Å². The van der Waals surface area contributed by atoms with Crippen molar-refractivity contribution in [1.29, 1.82) is 0 Å². The molecule has 0 saturated heterocycles. The molecule has 2 nitrogen and oxygen atoms in total. The summed E-state index contributed by atoms with van der Waals surface area (Å²) in [6.07, 6.45) is 0.738. The first kappa shape index (κ1) is 16.7. The van der Waals surface area contributed by atoms with Crippen LogP contribution in [0.2, 0.25) is 5.02 Å². The number of benzene rings is 1. The van der Waals surface area contributed by atoms with Crippen LogP contribution in [0.25, 0.3) is 0 Å². The summed E-state index contributed by atoms with van der Waals surface area (Å²) >= 11 is 9.26. The van der Waals surface area contributed by atoms with Crippen LogP contribution >= 0.6 is 34.3 Å².